The molecule has 1 aromatic carbocycles. The first-order valence-corrected chi connectivity index (χ1v) is 13.6. The first kappa shape index (κ1) is 32.8. The van der Waals surface area contributed by atoms with E-state index in [9.17, 15) is 14.7 Å². The molecule has 0 unspecified atom stereocenters. The third-order valence-corrected chi connectivity index (χ3v) is 6.08. The van der Waals surface area contributed by atoms with Crippen molar-refractivity contribution in [3.05, 3.63) is 29.8 Å². The zero-order valence-corrected chi connectivity index (χ0v) is 23.9. The number of carboxylic acid groups (broad SMARTS) is 1. The van der Waals surface area contributed by atoms with E-state index < -0.39 is 17.7 Å². The molecular formula is C28H46N2O9. The lowest BCUT2D eigenvalue weighted by Crippen LogP contribution is -2.52. The maximum absolute atomic E-state index is 13.4. The van der Waals surface area contributed by atoms with Gasteiger partial charge in [-0.3, -0.25) is 9.69 Å². The first-order valence-electron chi connectivity index (χ1n) is 13.6. The standard InChI is InChI=1S/C28H46N2O9/c1-28(2,3)30(27(32)33)25(26(31)29-11-5-6-12-29)23-7-9-24(10-8-23)39-22-21-38-20-19-37-18-17-36-16-15-35-14-13-34-4/h7-10,25H,5-6,11-22H2,1-4H3,(H,32,33)/t25-/m0/s1. The zero-order valence-electron chi connectivity index (χ0n) is 23.9. The second-order valence-electron chi connectivity index (χ2n) is 10.1. The number of carbonyl (C=O) groups is 2. The van der Waals surface area contributed by atoms with Gasteiger partial charge >= 0.3 is 6.09 Å². The van der Waals surface area contributed by atoms with Crippen LogP contribution in [0.15, 0.2) is 24.3 Å². The molecule has 0 aliphatic carbocycles. The van der Waals surface area contributed by atoms with Gasteiger partial charge in [-0.25, -0.2) is 4.79 Å². The Morgan fingerprint density at radius 3 is 1.72 bits per heavy atom. The average molecular weight is 555 g/mol. The maximum Gasteiger partial charge on any atom is 0.408 e. The summed E-state index contributed by atoms with van der Waals surface area (Å²) in [5.74, 6) is 0.430. The summed E-state index contributed by atoms with van der Waals surface area (Å²) in [6.45, 7) is 11.5. The highest BCUT2D eigenvalue weighted by Gasteiger charge is 2.40. The lowest BCUT2D eigenvalue weighted by Gasteiger charge is -2.40. The largest absolute Gasteiger partial charge is 0.491 e. The molecule has 1 aliphatic heterocycles. The third kappa shape index (κ3) is 12.1. The van der Waals surface area contributed by atoms with Crippen molar-refractivity contribution in [2.24, 2.45) is 0 Å². The Bertz CT molecular complexity index is 823. The number of rotatable bonds is 19. The van der Waals surface area contributed by atoms with Crippen LogP contribution in [-0.2, 0) is 28.5 Å². The van der Waals surface area contributed by atoms with Crippen LogP contribution in [0.3, 0.4) is 0 Å². The summed E-state index contributed by atoms with van der Waals surface area (Å²) in [6, 6.07) is 6.12. The van der Waals surface area contributed by atoms with E-state index in [0.29, 0.717) is 90.5 Å². The summed E-state index contributed by atoms with van der Waals surface area (Å²) in [4.78, 5) is 28.6. The first-order chi connectivity index (χ1) is 18.8. The maximum atomic E-state index is 13.4. The Morgan fingerprint density at radius 2 is 1.28 bits per heavy atom. The molecule has 1 atom stereocenters. The van der Waals surface area contributed by atoms with Crippen LogP contribution in [-0.4, -0.2) is 119 Å². The summed E-state index contributed by atoms with van der Waals surface area (Å²) >= 11 is 0. The van der Waals surface area contributed by atoms with Crippen molar-refractivity contribution in [2.45, 2.75) is 45.2 Å². The van der Waals surface area contributed by atoms with Crippen molar-refractivity contribution >= 4 is 12.0 Å². The molecule has 1 aromatic rings. The van der Waals surface area contributed by atoms with Crippen molar-refractivity contribution < 1.29 is 43.1 Å². The molecule has 1 fully saturated rings. The molecule has 222 valence electrons. The number of benzene rings is 1. The van der Waals surface area contributed by atoms with Gasteiger partial charge < -0.3 is 38.4 Å². The van der Waals surface area contributed by atoms with Crippen LogP contribution in [0.1, 0.15) is 45.2 Å². The van der Waals surface area contributed by atoms with Gasteiger partial charge in [-0.15, -0.1) is 0 Å². The lowest BCUT2D eigenvalue weighted by molar-refractivity contribution is -0.137. The molecule has 1 aliphatic rings. The molecule has 2 amide bonds. The quantitative estimate of drug-likeness (QED) is 0.257. The predicted molar refractivity (Wildman–Crippen MR) is 145 cm³/mol. The number of ether oxygens (including phenoxy) is 6. The Balaban J connectivity index is 1.71. The summed E-state index contributed by atoms with van der Waals surface area (Å²) in [5.41, 5.74) is -0.138. The monoisotopic (exact) mass is 554 g/mol. The lowest BCUT2D eigenvalue weighted by atomic mass is 9.97. The SMILES string of the molecule is COCCOCCOCCOCCOCCOc1ccc([C@@H](C(=O)N2CCCC2)N(C(=O)O)C(C)(C)C)cc1. The molecule has 0 radical (unpaired) electrons. The van der Waals surface area contributed by atoms with E-state index in [1.807, 2.05) is 0 Å². The number of carbonyl (C=O) groups excluding carboxylic acids is 1. The van der Waals surface area contributed by atoms with Gasteiger partial charge in [-0.2, -0.15) is 0 Å². The number of amides is 2. The molecule has 39 heavy (non-hydrogen) atoms. The highest BCUT2D eigenvalue weighted by Crippen LogP contribution is 2.32. The number of nitrogens with zero attached hydrogens (tertiary/aromatic N) is 2. The van der Waals surface area contributed by atoms with Crippen LogP contribution in [0.2, 0.25) is 0 Å². The Hall–Kier alpha value is -2.44. The summed E-state index contributed by atoms with van der Waals surface area (Å²) in [6.07, 6.45) is 0.738. The van der Waals surface area contributed by atoms with E-state index in [1.54, 1.807) is 57.0 Å². The second-order valence-corrected chi connectivity index (χ2v) is 10.1. The number of hydrogen-bond acceptors (Lipinski definition) is 8. The molecule has 1 heterocycles. The fraction of sp³-hybridized carbons (Fsp3) is 0.714. The predicted octanol–water partition coefficient (Wildman–Crippen LogP) is 3.22. The number of hydrogen-bond donors (Lipinski definition) is 1. The fourth-order valence-corrected chi connectivity index (χ4v) is 4.17. The summed E-state index contributed by atoms with van der Waals surface area (Å²) < 4.78 is 32.4. The van der Waals surface area contributed by atoms with Crippen molar-refractivity contribution in [3.63, 3.8) is 0 Å². The summed E-state index contributed by atoms with van der Waals surface area (Å²) in [5, 5.41) is 9.98. The number of methoxy groups -OCH3 is 1. The molecule has 0 spiro atoms. The Labute approximate surface area is 232 Å². The molecule has 11 nitrogen and oxygen atoms in total. The van der Waals surface area contributed by atoms with Crippen LogP contribution in [0.4, 0.5) is 4.79 Å². The zero-order chi connectivity index (χ0) is 28.5. The second kappa shape index (κ2) is 18.0. The topological polar surface area (TPSA) is 116 Å². The molecule has 1 saturated heterocycles. The van der Waals surface area contributed by atoms with Crippen molar-refractivity contribution in [3.8, 4) is 5.75 Å². The van der Waals surface area contributed by atoms with Gasteiger partial charge in [0, 0.05) is 25.7 Å². The molecular weight excluding hydrogens is 508 g/mol. The normalized spacial score (nSPS) is 14.4. The van der Waals surface area contributed by atoms with Crippen LogP contribution in [0.25, 0.3) is 0 Å². The van der Waals surface area contributed by atoms with E-state index in [1.165, 1.54) is 4.90 Å². The van der Waals surface area contributed by atoms with Crippen molar-refractivity contribution in [2.75, 3.05) is 86.3 Å². The fourth-order valence-electron chi connectivity index (χ4n) is 4.17. The van der Waals surface area contributed by atoms with Crippen molar-refractivity contribution in [1.29, 1.82) is 0 Å². The minimum Gasteiger partial charge on any atom is -0.491 e. The van der Waals surface area contributed by atoms with E-state index in [2.05, 4.69) is 0 Å². The molecule has 1 N–H and O–H groups in total. The number of likely N-dealkylation sites (tertiary alicyclic amines) is 1. The van der Waals surface area contributed by atoms with Crippen molar-refractivity contribution in [1.82, 2.24) is 9.80 Å². The minimum absolute atomic E-state index is 0.187. The van der Waals surface area contributed by atoms with Gasteiger partial charge in [-0.1, -0.05) is 12.1 Å². The Kier molecular flexibility index (Phi) is 15.1. The van der Waals surface area contributed by atoms with Gasteiger partial charge in [0.25, 0.3) is 0 Å². The Morgan fingerprint density at radius 1 is 0.821 bits per heavy atom. The van der Waals surface area contributed by atoms with Crippen LogP contribution in [0.5, 0.6) is 5.75 Å². The van der Waals surface area contributed by atoms with Crippen LogP contribution < -0.4 is 4.74 Å². The highest BCUT2D eigenvalue weighted by molar-refractivity contribution is 5.87. The minimum atomic E-state index is -1.13. The molecule has 2 rings (SSSR count). The van der Waals surface area contributed by atoms with Gasteiger partial charge in [0.1, 0.15) is 18.4 Å². The third-order valence-electron chi connectivity index (χ3n) is 6.08. The van der Waals surface area contributed by atoms with Gasteiger partial charge in [0.05, 0.1) is 59.5 Å². The summed E-state index contributed by atoms with van der Waals surface area (Å²) in [7, 11) is 1.63. The molecule has 0 saturated carbocycles. The van der Waals surface area contributed by atoms with Gasteiger partial charge in [0.15, 0.2) is 0 Å². The average Bonchev–Trinajstić information content (AvgIpc) is 3.44. The van der Waals surface area contributed by atoms with Gasteiger partial charge in [-0.05, 0) is 51.3 Å². The molecule has 11 heteroatoms. The molecule has 0 aromatic heterocycles. The smallest absolute Gasteiger partial charge is 0.408 e. The van der Waals surface area contributed by atoms with E-state index in [4.69, 9.17) is 28.4 Å². The van der Waals surface area contributed by atoms with Crippen LogP contribution >= 0.6 is 0 Å². The van der Waals surface area contributed by atoms with E-state index >= 15 is 0 Å². The van der Waals surface area contributed by atoms with Crippen LogP contribution in [0, 0.1) is 0 Å². The highest BCUT2D eigenvalue weighted by atomic mass is 16.6. The van der Waals surface area contributed by atoms with E-state index in [-0.39, 0.29) is 5.91 Å². The van der Waals surface area contributed by atoms with E-state index in [0.717, 1.165) is 12.8 Å². The molecule has 0 bridgehead atoms. The van der Waals surface area contributed by atoms with Gasteiger partial charge in [0.2, 0.25) is 5.91 Å².